The van der Waals surface area contributed by atoms with Crippen molar-refractivity contribution in [1.29, 1.82) is 0 Å². The molecular formula is C24H27N7O. The Morgan fingerprint density at radius 1 is 0.969 bits per heavy atom. The molecule has 0 amide bonds. The highest BCUT2D eigenvalue weighted by molar-refractivity contribution is 5.84. The van der Waals surface area contributed by atoms with Crippen molar-refractivity contribution >= 4 is 33.8 Å². The first kappa shape index (κ1) is 19.5. The molecule has 1 aromatic carbocycles. The average Bonchev–Trinajstić information content (AvgIpc) is 3.17. The zero-order valence-electron chi connectivity index (χ0n) is 18.2. The van der Waals surface area contributed by atoms with Gasteiger partial charge in [-0.1, -0.05) is 6.92 Å². The van der Waals surface area contributed by atoms with Crippen LogP contribution in [0.2, 0.25) is 0 Å². The smallest absolute Gasteiger partial charge is 0.292 e. The summed E-state index contributed by atoms with van der Waals surface area (Å²) >= 11 is 0. The van der Waals surface area contributed by atoms with Gasteiger partial charge in [-0.05, 0) is 42.9 Å². The maximum atomic E-state index is 5.68. The van der Waals surface area contributed by atoms with Crippen LogP contribution < -0.4 is 10.6 Å². The number of hydrogen-bond donors (Lipinski definition) is 1. The summed E-state index contributed by atoms with van der Waals surface area (Å²) < 4.78 is 5.38. The molecule has 0 bridgehead atoms. The topological polar surface area (TPSA) is 87.5 Å². The number of pyridine rings is 2. The Bertz CT molecular complexity index is 1270. The second kappa shape index (κ2) is 7.72. The van der Waals surface area contributed by atoms with Crippen molar-refractivity contribution < 1.29 is 4.42 Å². The molecule has 0 unspecified atom stereocenters. The van der Waals surface area contributed by atoms with E-state index >= 15 is 0 Å². The van der Waals surface area contributed by atoms with Crippen LogP contribution >= 0.6 is 0 Å². The van der Waals surface area contributed by atoms with Crippen LogP contribution in [0.4, 0.5) is 11.7 Å². The highest BCUT2D eigenvalue weighted by Crippen LogP contribution is 2.29. The Morgan fingerprint density at radius 2 is 1.81 bits per heavy atom. The zero-order valence-corrected chi connectivity index (χ0v) is 18.2. The Kier molecular flexibility index (Phi) is 4.69. The van der Waals surface area contributed by atoms with E-state index in [0.29, 0.717) is 11.6 Å². The molecule has 8 nitrogen and oxygen atoms in total. The number of aromatic nitrogens is 3. The highest BCUT2D eigenvalue weighted by Gasteiger charge is 2.33. The van der Waals surface area contributed by atoms with E-state index < -0.39 is 0 Å². The van der Waals surface area contributed by atoms with E-state index in [1.54, 1.807) is 0 Å². The van der Waals surface area contributed by atoms with Gasteiger partial charge in [-0.2, -0.15) is 4.98 Å². The third-order valence-corrected chi connectivity index (χ3v) is 6.82. The van der Waals surface area contributed by atoms with Gasteiger partial charge in [0, 0.05) is 50.9 Å². The molecule has 4 aromatic rings. The number of nitrogen functional groups attached to an aromatic ring is 1. The minimum absolute atomic E-state index is 0.178. The van der Waals surface area contributed by atoms with Gasteiger partial charge in [0.1, 0.15) is 5.52 Å². The predicted molar refractivity (Wildman–Crippen MR) is 127 cm³/mol. The van der Waals surface area contributed by atoms with Gasteiger partial charge in [-0.25, -0.2) is 4.98 Å². The molecule has 0 radical (unpaired) electrons. The Morgan fingerprint density at radius 3 is 2.62 bits per heavy atom. The number of benzene rings is 1. The summed E-state index contributed by atoms with van der Waals surface area (Å²) in [5.41, 5.74) is 11.9. The summed E-state index contributed by atoms with van der Waals surface area (Å²) in [5, 5.41) is 0. The highest BCUT2D eigenvalue weighted by atomic mass is 16.4. The van der Waals surface area contributed by atoms with E-state index in [4.69, 9.17) is 15.1 Å². The van der Waals surface area contributed by atoms with Crippen LogP contribution in [0.3, 0.4) is 0 Å². The van der Waals surface area contributed by atoms with Gasteiger partial charge < -0.3 is 20.0 Å². The first-order chi connectivity index (χ1) is 15.7. The van der Waals surface area contributed by atoms with Gasteiger partial charge in [0.2, 0.25) is 0 Å². The molecule has 0 spiro atoms. The number of piperazine rings is 1. The van der Waals surface area contributed by atoms with E-state index in [1.807, 2.05) is 36.5 Å². The fourth-order valence-electron chi connectivity index (χ4n) is 4.78. The van der Waals surface area contributed by atoms with Gasteiger partial charge >= 0.3 is 0 Å². The van der Waals surface area contributed by atoms with E-state index in [2.05, 4.69) is 37.7 Å². The summed E-state index contributed by atoms with van der Waals surface area (Å²) in [6, 6.07) is 12.8. The largest absolute Gasteiger partial charge is 0.424 e. The molecular weight excluding hydrogens is 402 g/mol. The normalized spacial score (nSPS) is 18.5. The summed E-state index contributed by atoms with van der Waals surface area (Å²) in [7, 11) is 0. The Balaban J connectivity index is 1.20. The fourth-order valence-corrected chi connectivity index (χ4v) is 4.78. The first-order valence-electron chi connectivity index (χ1n) is 11.3. The lowest BCUT2D eigenvalue weighted by Gasteiger charge is -2.49. The van der Waals surface area contributed by atoms with Gasteiger partial charge in [0.25, 0.3) is 6.01 Å². The zero-order chi connectivity index (χ0) is 21.7. The molecule has 164 valence electrons. The summed E-state index contributed by atoms with van der Waals surface area (Å²) in [6.45, 7) is 10.2. The van der Waals surface area contributed by atoms with Crippen LogP contribution in [0.25, 0.3) is 33.4 Å². The lowest BCUT2D eigenvalue weighted by atomic mass is 10.0. The van der Waals surface area contributed by atoms with Crippen molar-refractivity contribution in [2.24, 2.45) is 0 Å². The number of likely N-dealkylation sites (N-methyl/N-ethyl adjacent to an activating group) is 1. The SMILES string of the molecule is CCN1CCN(C2CN(c3cnc4ccc(-c5ccc6oc(N)nc6c5)nc4c3)C2)CC1. The summed E-state index contributed by atoms with van der Waals surface area (Å²) in [4.78, 5) is 21.4. The van der Waals surface area contributed by atoms with Crippen molar-refractivity contribution in [3.63, 3.8) is 0 Å². The fraction of sp³-hybridized carbons (Fsp3) is 0.375. The number of rotatable bonds is 4. The standard InChI is InChI=1S/C24H27N7O/c1-2-29-7-9-30(10-8-29)18-14-31(15-18)17-12-21-20(26-13-17)5-4-19(27-21)16-3-6-23-22(11-16)28-24(25)32-23/h3-6,11-13,18H,2,7-10,14-15H2,1H3,(H2,25,28). The number of nitrogens with zero attached hydrogens (tertiary/aromatic N) is 6. The maximum absolute atomic E-state index is 5.68. The van der Waals surface area contributed by atoms with Crippen LogP contribution in [0.5, 0.6) is 0 Å². The third kappa shape index (κ3) is 3.45. The number of anilines is 2. The van der Waals surface area contributed by atoms with Gasteiger partial charge in [-0.3, -0.25) is 9.88 Å². The van der Waals surface area contributed by atoms with Crippen molar-refractivity contribution in [1.82, 2.24) is 24.8 Å². The number of oxazole rings is 1. The van der Waals surface area contributed by atoms with Gasteiger partial charge in [0.05, 0.1) is 28.6 Å². The van der Waals surface area contributed by atoms with Crippen molar-refractivity contribution in [2.45, 2.75) is 13.0 Å². The Hall–Kier alpha value is -3.23. The predicted octanol–water partition coefficient (Wildman–Crippen LogP) is 2.85. The molecule has 6 rings (SSSR count). The molecule has 3 aromatic heterocycles. The van der Waals surface area contributed by atoms with Crippen LogP contribution in [0.1, 0.15) is 6.92 Å². The molecule has 2 aliphatic rings. The van der Waals surface area contributed by atoms with Crippen molar-refractivity contribution in [2.75, 3.05) is 56.4 Å². The number of hydrogen-bond acceptors (Lipinski definition) is 8. The maximum Gasteiger partial charge on any atom is 0.292 e. The van der Waals surface area contributed by atoms with E-state index in [-0.39, 0.29) is 6.01 Å². The van der Waals surface area contributed by atoms with Gasteiger partial charge in [0.15, 0.2) is 5.58 Å². The monoisotopic (exact) mass is 429 g/mol. The van der Waals surface area contributed by atoms with Crippen LogP contribution in [-0.2, 0) is 0 Å². The molecule has 2 N–H and O–H groups in total. The first-order valence-corrected chi connectivity index (χ1v) is 11.3. The minimum atomic E-state index is 0.178. The molecule has 2 saturated heterocycles. The lowest BCUT2D eigenvalue weighted by Crippen LogP contribution is -2.63. The Labute approximate surface area is 186 Å². The quantitative estimate of drug-likeness (QED) is 0.530. The summed E-state index contributed by atoms with van der Waals surface area (Å²) in [6.07, 6.45) is 1.97. The van der Waals surface area contributed by atoms with Crippen LogP contribution in [0.15, 0.2) is 47.0 Å². The van der Waals surface area contributed by atoms with E-state index in [0.717, 1.165) is 53.1 Å². The van der Waals surface area contributed by atoms with Crippen LogP contribution in [0, 0.1) is 0 Å². The second-order valence-electron chi connectivity index (χ2n) is 8.69. The summed E-state index contributed by atoms with van der Waals surface area (Å²) in [5.74, 6) is 0. The molecule has 0 atom stereocenters. The molecule has 8 heteroatoms. The minimum Gasteiger partial charge on any atom is -0.424 e. The van der Waals surface area contributed by atoms with Crippen molar-refractivity contribution in [3.8, 4) is 11.3 Å². The molecule has 2 aliphatic heterocycles. The van der Waals surface area contributed by atoms with Crippen LogP contribution in [-0.4, -0.2) is 76.6 Å². The molecule has 32 heavy (non-hydrogen) atoms. The number of nitrogens with two attached hydrogens (primary N) is 1. The second-order valence-corrected chi connectivity index (χ2v) is 8.69. The molecule has 2 fully saturated rings. The molecule has 0 saturated carbocycles. The van der Waals surface area contributed by atoms with Gasteiger partial charge in [-0.15, -0.1) is 0 Å². The lowest BCUT2D eigenvalue weighted by molar-refractivity contribution is 0.0861. The molecule has 0 aliphatic carbocycles. The van der Waals surface area contributed by atoms with E-state index in [9.17, 15) is 0 Å². The average molecular weight is 430 g/mol. The molecule has 5 heterocycles. The number of fused-ring (bicyclic) bond motifs is 2. The van der Waals surface area contributed by atoms with E-state index in [1.165, 1.54) is 26.2 Å². The third-order valence-electron chi connectivity index (χ3n) is 6.82. The van der Waals surface area contributed by atoms with Crippen molar-refractivity contribution in [3.05, 3.63) is 42.6 Å².